The van der Waals surface area contributed by atoms with Crippen LogP contribution in [0.4, 0.5) is 4.39 Å². The Kier molecular flexibility index (Phi) is 3.56. The molecule has 5 nitrogen and oxygen atoms in total. The fraction of sp³-hybridized carbons (Fsp3) is 0.357. The minimum Gasteiger partial charge on any atom is -0.349 e. The van der Waals surface area contributed by atoms with Crippen LogP contribution in [0, 0.1) is 5.82 Å². The van der Waals surface area contributed by atoms with Crippen LogP contribution in [0.3, 0.4) is 0 Å². The highest BCUT2D eigenvalue weighted by Crippen LogP contribution is 2.17. The summed E-state index contributed by atoms with van der Waals surface area (Å²) >= 11 is 0. The average Bonchev–Trinajstić information content (AvgIpc) is 2.47. The topological polar surface area (TPSA) is 66.9 Å². The molecule has 3 rings (SSSR count). The van der Waals surface area contributed by atoms with Crippen molar-refractivity contribution in [3.8, 4) is 0 Å². The summed E-state index contributed by atoms with van der Waals surface area (Å²) in [5.41, 5.74) is 1.06. The molecule has 2 N–H and O–H groups in total. The van der Waals surface area contributed by atoms with Gasteiger partial charge in [0.25, 0.3) is 5.91 Å². The molecule has 0 aliphatic carbocycles. The number of nitrogens with zero attached hydrogens (tertiary/aromatic N) is 2. The van der Waals surface area contributed by atoms with E-state index in [1.165, 1.54) is 24.5 Å². The highest BCUT2D eigenvalue weighted by Gasteiger charge is 2.19. The molecule has 1 amide bonds. The van der Waals surface area contributed by atoms with Crippen molar-refractivity contribution in [1.82, 2.24) is 20.6 Å². The minimum atomic E-state index is -0.478. The van der Waals surface area contributed by atoms with Crippen molar-refractivity contribution in [3.63, 3.8) is 0 Å². The first kappa shape index (κ1) is 12.9. The molecule has 1 fully saturated rings. The van der Waals surface area contributed by atoms with Crippen LogP contribution in [0.5, 0.6) is 0 Å². The number of fused-ring (bicyclic) bond motifs is 1. The fourth-order valence-electron chi connectivity index (χ4n) is 2.44. The smallest absolute Gasteiger partial charge is 0.253 e. The molecule has 104 valence electrons. The van der Waals surface area contributed by atoms with Gasteiger partial charge in [0, 0.05) is 24.5 Å². The number of aromatic nitrogens is 2. The number of hydrogen-bond donors (Lipinski definition) is 2. The molecule has 1 saturated heterocycles. The van der Waals surface area contributed by atoms with Crippen molar-refractivity contribution in [2.75, 3.05) is 13.1 Å². The number of carbonyl (C=O) groups is 1. The van der Waals surface area contributed by atoms with Gasteiger partial charge in [0.1, 0.15) is 11.3 Å². The van der Waals surface area contributed by atoms with Crippen molar-refractivity contribution in [1.29, 1.82) is 0 Å². The SMILES string of the molecule is O=C(NC1CCNCC1)c1cc(F)cc2nccnc12. The Morgan fingerprint density at radius 2 is 2.00 bits per heavy atom. The van der Waals surface area contributed by atoms with Gasteiger partial charge in [-0.15, -0.1) is 0 Å². The summed E-state index contributed by atoms with van der Waals surface area (Å²) in [4.78, 5) is 20.5. The summed E-state index contributed by atoms with van der Waals surface area (Å²) in [5, 5.41) is 6.17. The van der Waals surface area contributed by atoms with Crippen LogP contribution in [0.2, 0.25) is 0 Å². The Labute approximate surface area is 115 Å². The Morgan fingerprint density at radius 1 is 1.25 bits per heavy atom. The Bertz CT molecular complexity index is 640. The van der Waals surface area contributed by atoms with Crippen molar-refractivity contribution >= 4 is 16.9 Å². The summed E-state index contributed by atoms with van der Waals surface area (Å²) in [5.74, 6) is -0.768. The van der Waals surface area contributed by atoms with Crippen molar-refractivity contribution in [2.24, 2.45) is 0 Å². The van der Waals surface area contributed by atoms with Crippen LogP contribution >= 0.6 is 0 Å². The van der Waals surface area contributed by atoms with Gasteiger partial charge in [-0.3, -0.25) is 14.8 Å². The van der Waals surface area contributed by atoms with Crippen LogP contribution < -0.4 is 10.6 Å². The van der Waals surface area contributed by atoms with Crippen LogP contribution in [-0.4, -0.2) is 35.0 Å². The largest absolute Gasteiger partial charge is 0.349 e. The Hall–Kier alpha value is -2.08. The number of hydrogen-bond acceptors (Lipinski definition) is 4. The summed E-state index contributed by atoms with van der Waals surface area (Å²) in [6, 6.07) is 2.62. The fourth-order valence-corrected chi connectivity index (χ4v) is 2.44. The second-order valence-electron chi connectivity index (χ2n) is 4.88. The predicted octanol–water partition coefficient (Wildman–Crippen LogP) is 1.25. The first-order chi connectivity index (χ1) is 9.74. The molecule has 1 aliphatic rings. The van der Waals surface area contributed by atoms with E-state index in [9.17, 15) is 9.18 Å². The molecule has 1 aromatic carbocycles. The zero-order valence-corrected chi connectivity index (χ0v) is 10.9. The third kappa shape index (κ3) is 2.60. The van der Waals surface area contributed by atoms with E-state index in [1.807, 2.05) is 0 Å². The molecule has 1 aromatic heterocycles. The van der Waals surface area contributed by atoms with E-state index in [0.717, 1.165) is 25.9 Å². The molecule has 1 aliphatic heterocycles. The van der Waals surface area contributed by atoms with Crippen molar-refractivity contribution in [3.05, 3.63) is 35.9 Å². The monoisotopic (exact) mass is 274 g/mol. The molecule has 2 aromatic rings. The normalized spacial score (nSPS) is 16.2. The zero-order valence-electron chi connectivity index (χ0n) is 10.9. The molecular formula is C14H15FN4O. The van der Waals surface area contributed by atoms with Gasteiger partial charge in [-0.2, -0.15) is 0 Å². The van der Waals surface area contributed by atoms with Crippen LogP contribution in [0.25, 0.3) is 11.0 Å². The van der Waals surface area contributed by atoms with Gasteiger partial charge in [-0.05, 0) is 32.0 Å². The highest BCUT2D eigenvalue weighted by atomic mass is 19.1. The summed E-state index contributed by atoms with van der Waals surface area (Å²) in [6.07, 6.45) is 4.74. The summed E-state index contributed by atoms with van der Waals surface area (Å²) < 4.78 is 13.6. The van der Waals surface area contributed by atoms with Gasteiger partial charge in [0.15, 0.2) is 0 Å². The maximum atomic E-state index is 13.6. The van der Waals surface area contributed by atoms with Gasteiger partial charge >= 0.3 is 0 Å². The van der Waals surface area contributed by atoms with Gasteiger partial charge in [-0.25, -0.2) is 4.39 Å². The number of halogens is 1. The van der Waals surface area contributed by atoms with Gasteiger partial charge in [0.05, 0.1) is 11.1 Å². The number of nitrogens with one attached hydrogen (secondary N) is 2. The number of carbonyl (C=O) groups excluding carboxylic acids is 1. The van der Waals surface area contributed by atoms with E-state index in [4.69, 9.17) is 0 Å². The van der Waals surface area contributed by atoms with E-state index in [2.05, 4.69) is 20.6 Å². The first-order valence-electron chi connectivity index (χ1n) is 6.66. The molecule has 0 unspecified atom stereocenters. The summed E-state index contributed by atoms with van der Waals surface area (Å²) in [7, 11) is 0. The lowest BCUT2D eigenvalue weighted by atomic mass is 10.1. The van der Waals surface area contributed by atoms with Crippen molar-refractivity contribution in [2.45, 2.75) is 18.9 Å². The van der Waals surface area contributed by atoms with Crippen molar-refractivity contribution < 1.29 is 9.18 Å². The second-order valence-corrected chi connectivity index (χ2v) is 4.88. The van der Waals surface area contributed by atoms with Crippen LogP contribution in [-0.2, 0) is 0 Å². The lowest BCUT2D eigenvalue weighted by Crippen LogP contribution is -2.42. The standard InChI is InChI=1S/C14H15FN4O/c15-9-7-11(13-12(8-9)17-5-6-18-13)14(20)19-10-1-3-16-4-2-10/h5-8,10,16H,1-4H2,(H,19,20). The molecule has 2 heterocycles. The molecular weight excluding hydrogens is 259 g/mol. The lowest BCUT2D eigenvalue weighted by molar-refractivity contribution is 0.0930. The molecule has 0 radical (unpaired) electrons. The van der Waals surface area contributed by atoms with E-state index in [0.29, 0.717) is 11.0 Å². The maximum Gasteiger partial charge on any atom is 0.253 e. The summed E-state index contributed by atoms with van der Waals surface area (Å²) in [6.45, 7) is 1.77. The Balaban J connectivity index is 1.90. The van der Waals surface area contributed by atoms with E-state index >= 15 is 0 Å². The van der Waals surface area contributed by atoms with E-state index in [-0.39, 0.29) is 17.5 Å². The zero-order chi connectivity index (χ0) is 13.9. The predicted molar refractivity (Wildman–Crippen MR) is 72.9 cm³/mol. The molecule has 6 heteroatoms. The molecule has 0 spiro atoms. The van der Waals surface area contributed by atoms with E-state index in [1.54, 1.807) is 0 Å². The van der Waals surface area contributed by atoms with Gasteiger partial charge < -0.3 is 10.6 Å². The minimum absolute atomic E-state index is 0.124. The van der Waals surface area contributed by atoms with Crippen LogP contribution in [0.15, 0.2) is 24.5 Å². The molecule has 0 bridgehead atoms. The average molecular weight is 274 g/mol. The molecule has 0 atom stereocenters. The quantitative estimate of drug-likeness (QED) is 0.865. The Morgan fingerprint density at radius 3 is 2.80 bits per heavy atom. The molecule has 20 heavy (non-hydrogen) atoms. The van der Waals surface area contributed by atoms with Gasteiger partial charge in [0.2, 0.25) is 0 Å². The maximum absolute atomic E-state index is 13.6. The lowest BCUT2D eigenvalue weighted by Gasteiger charge is -2.23. The third-order valence-electron chi connectivity index (χ3n) is 3.46. The first-order valence-corrected chi connectivity index (χ1v) is 6.66. The third-order valence-corrected chi connectivity index (χ3v) is 3.46. The van der Waals surface area contributed by atoms with E-state index < -0.39 is 5.82 Å². The number of benzene rings is 1. The number of amides is 1. The highest BCUT2D eigenvalue weighted by molar-refractivity contribution is 6.04. The van der Waals surface area contributed by atoms with Crippen LogP contribution in [0.1, 0.15) is 23.2 Å². The van der Waals surface area contributed by atoms with Gasteiger partial charge in [-0.1, -0.05) is 0 Å². The molecule has 0 saturated carbocycles. The number of rotatable bonds is 2. The second kappa shape index (κ2) is 5.50. The number of piperidine rings is 1.